The van der Waals surface area contributed by atoms with E-state index in [1.165, 1.54) is 4.31 Å². The van der Waals surface area contributed by atoms with Crippen LogP contribution >= 0.6 is 11.3 Å². The van der Waals surface area contributed by atoms with E-state index in [0.29, 0.717) is 36.5 Å². The Hall–Kier alpha value is -1.97. The molecule has 1 aromatic carbocycles. The molecule has 146 valence electrons. The van der Waals surface area contributed by atoms with E-state index in [-0.39, 0.29) is 34.0 Å². The van der Waals surface area contributed by atoms with Crippen molar-refractivity contribution in [3.05, 3.63) is 51.3 Å². The maximum Gasteiger partial charge on any atom is 0.305 e. The monoisotopic (exact) mass is 409 g/mol. The maximum atomic E-state index is 12.9. The number of carbonyl (C=O) groups excluding carboxylic acids is 1. The largest absolute Gasteiger partial charge is 0.340 e. The first-order valence-corrected chi connectivity index (χ1v) is 11.1. The van der Waals surface area contributed by atoms with Crippen molar-refractivity contribution < 1.29 is 13.2 Å². The number of piperazine rings is 1. The predicted molar refractivity (Wildman–Crippen MR) is 104 cm³/mol. The number of hydrogen-bond acceptors (Lipinski definition) is 5. The van der Waals surface area contributed by atoms with Gasteiger partial charge >= 0.3 is 4.87 Å². The van der Waals surface area contributed by atoms with Gasteiger partial charge in [-0.3, -0.25) is 9.59 Å². The molecule has 7 nitrogen and oxygen atoms in total. The number of nitrogens with one attached hydrogen (secondary N) is 1. The molecule has 0 aliphatic carbocycles. The van der Waals surface area contributed by atoms with Crippen molar-refractivity contribution in [2.45, 2.75) is 30.4 Å². The summed E-state index contributed by atoms with van der Waals surface area (Å²) in [5, 5.41) is 0. The van der Waals surface area contributed by atoms with Crippen molar-refractivity contribution in [3.8, 4) is 0 Å². The van der Waals surface area contributed by atoms with Crippen LogP contribution in [-0.4, -0.2) is 54.7 Å². The number of amides is 1. The third-order valence-electron chi connectivity index (χ3n) is 4.81. The van der Waals surface area contributed by atoms with Crippen LogP contribution in [-0.2, 0) is 14.8 Å². The molecular weight excluding hydrogens is 386 g/mol. The van der Waals surface area contributed by atoms with Crippen LogP contribution in [0, 0.1) is 6.92 Å². The number of benzene rings is 1. The summed E-state index contributed by atoms with van der Waals surface area (Å²) in [7, 11) is -3.72. The first-order valence-electron chi connectivity index (χ1n) is 8.88. The lowest BCUT2D eigenvalue weighted by atomic mass is 9.95. The highest BCUT2D eigenvalue weighted by Crippen LogP contribution is 2.25. The average molecular weight is 410 g/mol. The van der Waals surface area contributed by atoms with E-state index in [9.17, 15) is 18.0 Å². The molecule has 0 bridgehead atoms. The molecule has 1 N–H and O–H groups in total. The molecular formula is C18H23N3O4S2. The van der Waals surface area contributed by atoms with E-state index in [4.69, 9.17) is 0 Å². The molecule has 2 aromatic rings. The maximum absolute atomic E-state index is 12.9. The summed E-state index contributed by atoms with van der Waals surface area (Å²) >= 11 is 0.707. The molecule has 3 rings (SSSR count). The van der Waals surface area contributed by atoms with Gasteiger partial charge in [-0.1, -0.05) is 48.6 Å². The van der Waals surface area contributed by atoms with E-state index in [0.717, 1.165) is 5.56 Å². The van der Waals surface area contributed by atoms with Crippen LogP contribution in [0.3, 0.4) is 0 Å². The lowest BCUT2D eigenvalue weighted by molar-refractivity contribution is -0.134. The summed E-state index contributed by atoms with van der Waals surface area (Å²) in [6.07, 6.45) is 0.692. The Labute approximate surface area is 162 Å². The molecule has 9 heteroatoms. The molecule has 0 spiro atoms. The number of hydrogen-bond donors (Lipinski definition) is 1. The molecule has 2 heterocycles. The van der Waals surface area contributed by atoms with Gasteiger partial charge in [0.1, 0.15) is 0 Å². The van der Waals surface area contributed by atoms with E-state index in [1.807, 2.05) is 37.3 Å². The van der Waals surface area contributed by atoms with Crippen molar-refractivity contribution >= 4 is 27.3 Å². The van der Waals surface area contributed by atoms with Crippen LogP contribution < -0.4 is 4.87 Å². The fourth-order valence-electron chi connectivity index (χ4n) is 3.36. The van der Waals surface area contributed by atoms with E-state index < -0.39 is 10.0 Å². The lowest BCUT2D eigenvalue weighted by Gasteiger charge is -2.35. The topological polar surface area (TPSA) is 90.6 Å². The van der Waals surface area contributed by atoms with Gasteiger partial charge in [-0.25, -0.2) is 8.42 Å². The van der Waals surface area contributed by atoms with E-state index in [2.05, 4.69) is 4.98 Å². The molecule has 1 amide bonds. The Morgan fingerprint density at radius 3 is 2.33 bits per heavy atom. The van der Waals surface area contributed by atoms with Gasteiger partial charge in [0.2, 0.25) is 5.91 Å². The van der Waals surface area contributed by atoms with Crippen LogP contribution in [0.5, 0.6) is 0 Å². The molecule has 1 saturated heterocycles. The number of rotatable bonds is 5. The molecule has 0 unspecified atom stereocenters. The van der Waals surface area contributed by atoms with Gasteiger partial charge < -0.3 is 9.88 Å². The second-order valence-corrected chi connectivity index (χ2v) is 9.64. The Balaban J connectivity index is 1.70. The number of thiazole rings is 1. The summed E-state index contributed by atoms with van der Waals surface area (Å²) in [6.45, 7) is 4.71. The minimum absolute atomic E-state index is 0.0308. The third kappa shape index (κ3) is 3.99. The molecule has 1 aliphatic heterocycles. The van der Waals surface area contributed by atoms with Gasteiger partial charge in [-0.05, 0) is 18.9 Å². The predicted octanol–water partition coefficient (Wildman–Crippen LogP) is 1.77. The van der Waals surface area contributed by atoms with Crippen LogP contribution in [0.15, 0.2) is 39.3 Å². The SMILES string of the molecule is CC[C@@H](C(=O)N1CCN(S(=O)(=O)c2sc(=O)[nH]c2C)CC1)c1ccccc1. The number of sulfonamides is 1. The van der Waals surface area contributed by atoms with Gasteiger partial charge in [0.05, 0.1) is 5.92 Å². The molecule has 1 fully saturated rings. The quantitative estimate of drug-likeness (QED) is 0.815. The second kappa shape index (κ2) is 7.95. The summed E-state index contributed by atoms with van der Waals surface area (Å²) in [5.74, 6) is -0.185. The number of nitrogens with zero attached hydrogens (tertiary/aromatic N) is 2. The van der Waals surface area contributed by atoms with Gasteiger partial charge in [0.25, 0.3) is 10.0 Å². The number of H-pyrrole nitrogens is 1. The highest BCUT2D eigenvalue weighted by atomic mass is 32.2. The minimum Gasteiger partial charge on any atom is -0.340 e. The summed E-state index contributed by atoms with van der Waals surface area (Å²) in [4.78, 5) is 28.2. The van der Waals surface area contributed by atoms with Crippen LogP contribution in [0.2, 0.25) is 0 Å². The fraction of sp³-hybridized carbons (Fsp3) is 0.444. The van der Waals surface area contributed by atoms with Gasteiger partial charge in [0.15, 0.2) is 4.21 Å². The van der Waals surface area contributed by atoms with Crippen molar-refractivity contribution in [2.24, 2.45) is 0 Å². The second-order valence-electron chi connectivity index (χ2n) is 6.53. The van der Waals surface area contributed by atoms with Crippen molar-refractivity contribution in [1.29, 1.82) is 0 Å². The molecule has 0 saturated carbocycles. The normalized spacial score (nSPS) is 17.0. The van der Waals surface area contributed by atoms with E-state index in [1.54, 1.807) is 11.8 Å². The van der Waals surface area contributed by atoms with Gasteiger partial charge in [-0.2, -0.15) is 4.31 Å². The van der Waals surface area contributed by atoms with Crippen LogP contribution in [0.25, 0.3) is 0 Å². The minimum atomic E-state index is -3.72. The van der Waals surface area contributed by atoms with Crippen molar-refractivity contribution in [1.82, 2.24) is 14.2 Å². The Bertz CT molecular complexity index is 958. The lowest BCUT2D eigenvalue weighted by Crippen LogP contribution is -2.51. The first kappa shape index (κ1) is 19.8. The number of aromatic amines is 1. The van der Waals surface area contributed by atoms with Crippen LogP contribution in [0.1, 0.15) is 30.5 Å². The van der Waals surface area contributed by atoms with Crippen molar-refractivity contribution in [3.63, 3.8) is 0 Å². The Morgan fingerprint density at radius 1 is 1.19 bits per heavy atom. The van der Waals surface area contributed by atoms with Gasteiger partial charge in [0, 0.05) is 31.9 Å². The fourth-order valence-corrected chi connectivity index (χ4v) is 6.22. The molecule has 0 radical (unpaired) electrons. The average Bonchev–Trinajstić information content (AvgIpc) is 3.02. The summed E-state index contributed by atoms with van der Waals surface area (Å²) in [6, 6.07) is 9.65. The summed E-state index contributed by atoms with van der Waals surface area (Å²) < 4.78 is 27.0. The smallest absolute Gasteiger partial charge is 0.305 e. The standard InChI is InChI=1S/C18H23N3O4S2/c1-3-15(14-7-5-4-6-8-14)16(22)20-9-11-21(12-10-20)27(24,25)17-13(2)19-18(23)26-17/h4-8,15H,3,9-12H2,1-2H3,(H,19,23)/t15-/m1/s1. The number of aryl methyl sites for hydroxylation is 1. The van der Waals surface area contributed by atoms with Gasteiger partial charge in [-0.15, -0.1) is 0 Å². The molecule has 1 atom stereocenters. The first-order chi connectivity index (χ1) is 12.8. The zero-order chi connectivity index (χ0) is 19.6. The van der Waals surface area contributed by atoms with E-state index >= 15 is 0 Å². The highest BCUT2D eigenvalue weighted by Gasteiger charge is 2.34. The van der Waals surface area contributed by atoms with Crippen molar-refractivity contribution in [2.75, 3.05) is 26.2 Å². The highest BCUT2D eigenvalue weighted by molar-refractivity contribution is 7.91. The Kier molecular flexibility index (Phi) is 5.83. The number of carbonyl (C=O) groups is 1. The van der Waals surface area contributed by atoms with Crippen LogP contribution in [0.4, 0.5) is 0 Å². The Morgan fingerprint density at radius 2 is 1.81 bits per heavy atom. The zero-order valence-corrected chi connectivity index (χ0v) is 17.0. The third-order valence-corrected chi connectivity index (χ3v) is 8.29. The molecule has 27 heavy (non-hydrogen) atoms. The molecule has 1 aromatic heterocycles. The zero-order valence-electron chi connectivity index (χ0n) is 15.3. The molecule has 1 aliphatic rings. The number of aromatic nitrogens is 1. The summed E-state index contributed by atoms with van der Waals surface area (Å²) in [5.41, 5.74) is 1.34.